The molecule has 3 aromatic rings. The van der Waals surface area contributed by atoms with Gasteiger partial charge in [0.2, 0.25) is 5.91 Å². The highest BCUT2D eigenvalue weighted by Crippen LogP contribution is 2.29. The van der Waals surface area contributed by atoms with Gasteiger partial charge in [0.1, 0.15) is 29.5 Å². The molecule has 9 nitrogen and oxygen atoms in total. The molecule has 2 amide bonds. The number of benzene rings is 2. The maximum absolute atomic E-state index is 13.0. The van der Waals surface area contributed by atoms with Gasteiger partial charge in [-0.1, -0.05) is 12.1 Å². The Balaban J connectivity index is 1.41. The van der Waals surface area contributed by atoms with Gasteiger partial charge < -0.3 is 20.1 Å². The van der Waals surface area contributed by atoms with E-state index < -0.39 is 17.7 Å². The van der Waals surface area contributed by atoms with Crippen LogP contribution in [-0.4, -0.2) is 52.2 Å². The number of aromatic nitrogens is 2. The number of amides is 2. The third-order valence-electron chi connectivity index (χ3n) is 5.91. The molecule has 0 radical (unpaired) electrons. The summed E-state index contributed by atoms with van der Waals surface area (Å²) in [5, 5.41) is 6.20. The molecule has 0 unspecified atom stereocenters. The first-order valence-corrected chi connectivity index (χ1v) is 12.4. The van der Waals surface area contributed by atoms with Gasteiger partial charge in [0.05, 0.1) is 12.8 Å². The Kier molecular flexibility index (Phi) is 7.91. The van der Waals surface area contributed by atoms with Crippen molar-refractivity contribution in [2.45, 2.75) is 51.7 Å². The van der Waals surface area contributed by atoms with E-state index >= 15 is 0 Å². The molecule has 1 aliphatic heterocycles. The molecule has 0 aliphatic carbocycles. The third-order valence-corrected chi connectivity index (χ3v) is 5.91. The minimum Gasteiger partial charge on any atom is -0.496 e. The van der Waals surface area contributed by atoms with Gasteiger partial charge >= 0.3 is 6.09 Å². The zero-order chi connectivity index (χ0) is 26.4. The van der Waals surface area contributed by atoms with Crippen molar-refractivity contribution in [1.82, 2.24) is 14.9 Å². The SMILES string of the molecule is COc1ccccc1-c1cc(Nc2ccc(NC(=O)[C@@H]3CCCCN3C(=O)OC(C)(C)C)cc2)ncn1. The van der Waals surface area contributed by atoms with Crippen LogP contribution < -0.4 is 15.4 Å². The number of likely N-dealkylation sites (tertiary alicyclic amines) is 1. The second kappa shape index (κ2) is 11.3. The Morgan fingerprint density at radius 3 is 2.46 bits per heavy atom. The van der Waals surface area contributed by atoms with Crippen molar-refractivity contribution in [2.75, 3.05) is 24.3 Å². The molecule has 2 aromatic carbocycles. The summed E-state index contributed by atoms with van der Waals surface area (Å²) in [4.78, 5) is 35.9. The fraction of sp³-hybridized carbons (Fsp3) is 0.357. The summed E-state index contributed by atoms with van der Waals surface area (Å²) in [6, 6.07) is 16.3. The second-order valence-electron chi connectivity index (χ2n) is 9.87. The number of piperidine rings is 1. The highest BCUT2D eigenvalue weighted by Gasteiger charge is 2.34. The predicted molar refractivity (Wildman–Crippen MR) is 143 cm³/mol. The maximum atomic E-state index is 13.0. The Labute approximate surface area is 217 Å². The molecule has 1 aromatic heterocycles. The molecule has 9 heteroatoms. The van der Waals surface area contributed by atoms with Crippen molar-refractivity contribution in [3.63, 3.8) is 0 Å². The zero-order valence-corrected chi connectivity index (χ0v) is 21.7. The van der Waals surface area contributed by atoms with Gasteiger partial charge in [-0.15, -0.1) is 0 Å². The normalized spacial score (nSPS) is 15.6. The summed E-state index contributed by atoms with van der Waals surface area (Å²) >= 11 is 0. The molecule has 37 heavy (non-hydrogen) atoms. The summed E-state index contributed by atoms with van der Waals surface area (Å²) in [6.45, 7) is 5.96. The van der Waals surface area contributed by atoms with Crippen LogP contribution in [0.2, 0.25) is 0 Å². The predicted octanol–water partition coefficient (Wildman–Crippen LogP) is 5.62. The minimum atomic E-state index is -0.615. The number of nitrogens with one attached hydrogen (secondary N) is 2. The van der Waals surface area contributed by atoms with Crippen molar-refractivity contribution in [1.29, 1.82) is 0 Å². The molecule has 2 N–H and O–H groups in total. The van der Waals surface area contributed by atoms with Gasteiger partial charge in [0.25, 0.3) is 0 Å². The van der Waals surface area contributed by atoms with Crippen LogP contribution in [0, 0.1) is 0 Å². The standard InChI is InChI=1S/C28H33N5O4/c1-28(2,3)37-27(35)33-16-8-7-10-23(33)26(34)32-20-14-12-19(13-15-20)31-25-17-22(29-18-30-25)21-9-5-6-11-24(21)36-4/h5-6,9,11-15,17-18,23H,7-8,10,16H2,1-4H3,(H,32,34)(H,29,30,31)/t23-/m0/s1. The largest absolute Gasteiger partial charge is 0.496 e. The van der Waals surface area contributed by atoms with E-state index in [4.69, 9.17) is 9.47 Å². The lowest BCUT2D eigenvalue weighted by molar-refractivity contribution is -0.122. The van der Waals surface area contributed by atoms with Crippen LogP contribution in [0.1, 0.15) is 40.0 Å². The van der Waals surface area contributed by atoms with E-state index in [1.807, 2.05) is 75.4 Å². The van der Waals surface area contributed by atoms with Crippen molar-refractivity contribution < 1.29 is 19.1 Å². The monoisotopic (exact) mass is 503 g/mol. The molecule has 0 bridgehead atoms. The molecule has 0 spiro atoms. The third kappa shape index (κ3) is 6.75. The van der Waals surface area contributed by atoms with E-state index in [1.165, 1.54) is 11.2 Å². The van der Waals surface area contributed by atoms with Gasteiger partial charge in [-0.2, -0.15) is 0 Å². The van der Waals surface area contributed by atoms with Gasteiger partial charge in [-0.05, 0) is 76.4 Å². The second-order valence-corrected chi connectivity index (χ2v) is 9.87. The van der Waals surface area contributed by atoms with Crippen molar-refractivity contribution >= 4 is 29.2 Å². The Morgan fingerprint density at radius 1 is 1.00 bits per heavy atom. The number of rotatable bonds is 6. The fourth-order valence-electron chi connectivity index (χ4n) is 4.18. The number of hydrogen-bond acceptors (Lipinski definition) is 7. The zero-order valence-electron chi connectivity index (χ0n) is 21.7. The van der Waals surface area contributed by atoms with Gasteiger partial charge in [0, 0.05) is 29.5 Å². The summed E-state index contributed by atoms with van der Waals surface area (Å²) < 4.78 is 11.0. The number of carbonyl (C=O) groups is 2. The first-order chi connectivity index (χ1) is 17.7. The van der Waals surface area contributed by atoms with E-state index in [2.05, 4.69) is 20.6 Å². The molecule has 4 rings (SSSR count). The smallest absolute Gasteiger partial charge is 0.410 e. The lowest BCUT2D eigenvalue weighted by atomic mass is 10.0. The number of nitrogens with zero attached hydrogens (tertiary/aromatic N) is 3. The van der Waals surface area contributed by atoms with E-state index in [9.17, 15) is 9.59 Å². The fourth-order valence-corrected chi connectivity index (χ4v) is 4.18. The number of para-hydroxylation sites is 1. The average Bonchev–Trinajstić information content (AvgIpc) is 2.89. The lowest BCUT2D eigenvalue weighted by Gasteiger charge is -2.35. The van der Waals surface area contributed by atoms with Crippen molar-refractivity contribution in [3.8, 4) is 17.0 Å². The van der Waals surface area contributed by atoms with Gasteiger partial charge in [0.15, 0.2) is 0 Å². The summed E-state index contributed by atoms with van der Waals surface area (Å²) in [7, 11) is 1.63. The van der Waals surface area contributed by atoms with Crippen LogP contribution in [0.15, 0.2) is 60.9 Å². The highest BCUT2D eigenvalue weighted by atomic mass is 16.6. The molecule has 1 fully saturated rings. The quantitative estimate of drug-likeness (QED) is 0.449. The molecule has 1 saturated heterocycles. The number of hydrogen-bond donors (Lipinski definition) is 2. The minimum absolute atomic E-state index is 0.219. The number of methoxy groups -OCH3 is 1. The lowest BCUT2D eigenvalue weighted by Crippen LogP contribution is -2.51. The Bertz CT molecular complexity index is 1240. The van der Waals surface area contributed by atoms with Crippen LogP contribution >= 0.6 is 0 Å². The number of anilines is 3. The highest BCUT2D eigenvalue weighted by molar-refractivity contribution is 5.96. The van der Waals surface area contributed by atoms with E-state index in [0.29, 0.717) is 24.5 Å². The van der Waals surface area contributed by atoms with Crippen LogP contribution in [0.5, 0.6) is 5.75 Å². The summed E-state index contributed by atoms with van der Waals surface area (Å²) in [5.74, 6) is 1.14. The molecule has 1 atom stereocenters. The van der Waals surface area contributed by atoms with Crippen LogP contribution in [0.3, 0.4) is 0 Å². The van der Waals surface area contributed by atoms with E-state index in [1.54, 1.807) is 7.11 Å². The molecule has 0 saturated carbocycles. The van der Waals surface area contributed by atoms with Gasteiger partial charge in [-0.25, -0.2) is 14.8 Å². The molecule has 1 aliphatic rings. The van der Waals surface area contributed by atoms with Crippen molar-refractivity contribution in [2.24, 2.45) is 0 Å². The first kappa shape index (κ1) is 25.9. The van der Waals surface area contributed by atoms with Crippen molar-refractivity contribution in [3.05, 3.63) is 60.9 Å². The first-order valence-electron chi connectivity index (χ1n) is 12.4. The molecule has 194 valence electrons. The van der Waals surface area contributed by atoms with Crippen LogP contribution in [0.25, 0.3) is 11.3 Å². The average molecular weight is 504 g/mol. The topological polar surface area (TPSA) is 106 Å². The van der Waals surface area contributed by atoms with Crippen LogP contribution in [0.4, 0.5) is 22.0 Å². The van der Waals surface area contributed by atoms with E-state index in [-0.39, 0.29) is 5.91 Å². The molecular weight excluding hydrogens is 470 g/mol. The maximum Gasteiger partial charge on any atom is 0.410 e. The Hall–Kier alpha value is -4.14. The number of ether oxygens (including phenoxy) is 2. The van der Waals surface area contributed by atoms with Crippen LogP contribution in [-0.2, 0) is 9.53 Å². The Morgan fingerprint density at radius 2 is 1.73 bits per heavy atom. The number of carbonyl (C=O) groups excluding carboxylic acids is 2. The molecule has 2 heterocycles. The van der Waals surface area contributed by atoms with Gasteiger partial charge in [-0.3, -0.25) is 9.69 Å². The summed E-state index contributed by atoms with van der Waals surface area (Å²) in [6.07, 6.45) is 3.39. The summed E-state index contributed by atoms with van der Waals surface area (Å²) in [5.41, 5.74) is 2.44. The van der Waals surface area contributed by atoms with E-state index in [0.717, 1.165) is 35.5 Å². The molecular formula is C28H33N5O4.